The summed E-state index contributed by atoms with van der Waals surface area (Å²) in [6.45, 7) is 3.14. The van der Waals surface area contributed by atoms with Crippen LogP contribution in [0.5, 0.6) is 0 Å². The van der Waals surface area contributed by atoms with E-state index in [0.717, 1.165) is 58.4 Å². The molecule has 0 unspecified atom stereocenters. The minimum Gasteiger partial charge on any atom is -0.411 e. The molecule has 98 valence electrons. The lowest BCUT2D eigenvalue weighted by Crippen LogP contribution is -2.16. The fraction of sp³-hybridized carbons (Fsp3) is 0.833. The van der Waals surface area contributed by atoms with Crippen molar-refractivity contribution < 1.29 is 19.5 Å². The van der Waals surface area contributed by atoms with E-state index in [1.165, 1.54) is 0 Å². The topological polar surface area (TPSA) is 68.1 Å². The van der Waals surface area contributed by atoms with Crippen LogP contribution in [0.15, 0.2) is 5.16 Å². The van der Waals surface area contributed by atoms with Crippen LogP contribution in [0.1, 0.15) is 25.7 Å². The van der Waals surface area contributed by atoms with Gasteiger partial charge in [0.15, 0.2) is 0 Å². The molecule has 2 fully saturated rings. The van der Waals surface area contributed by atoms with Gasteiger partial charge in [0.25, 0.3) is 0 Å². The Hall–Kier alpha value is -0.940. The predicted molar refractivity (Wildman–Crippen MR) is 63.4 cm³/mol. The van der Waals surface area contributed by atoms with Gasteiger partial charge in [0.05, 0.1) is 0 Å². The second kappa shape index (κ2) is 9.13. The van der Waals surface area contributed by atoms with E-state index in [1.807, 2.05) is 0 Å². The minimum atomic E-state index is 0.281. The van der Waals surface area contributed by atoms with Gasteiger partial charge in [-0.3, -0.25) is 0 Å². The third-order valence-corrected chi connectivity index (χ3v) is 3.00. The number of carbonyl (C=O) groups is 1. The Bertz CT molecular complexity index is 221. The highest BCUT2D eigenvalue weighted by atomic mass is 16.5. The molecule has 0 saturated carbocycles. The lowest BCUT2D eigenvalue weighted by molar-refractivity contribution is -0.113. The summed E-state index contributed by atoms with van der Waals surface area (Å²) in [5, 5.41) is 11.1. The standard InChI is InChI=1S/C6H11NO2.C6H10O2/c8-7-5-6-1-3-9-4-2-6;7-5-6-1-3-8-4-2-6/h5-6,8H,1-4H2;5-6H,1-4H2. The van der Waals surface area contributed by atoms with Crippen LogP contribution in [-0.2, 0) is 14.3 Å². The van der Waals surface area contributed by atoms with Crippen molar-refractivity contribution in [2.45, 2.75) is 25.7 Å². The van der Waals surface area contributed by atoms with Crippen LogP contribution >= 0.6 is 0 Å². The molecule has 0 aromatic rings. The van der Waals surface area contributed by atoms with Gasteiger partial charge in [-0.05, 0) is 25.7 Å². The van der Waals surface area contributed by atoms with Gasteiger partial charge < -0.3 is 19.5 Å². The number of oxime groups is 1. The molecule has 0 atom stereocenters. The Morgan fingerprint density at radius 1 is 0.941 bits per heavy atom. The Balaban J connectivity index is 0.000000171. The van der Waals surface area contributed by atoms with Crippen molar-refractivity contribution in [2.24, 2.45) is 17.0 Å². The first kappa shape index (κ1) is 14.1. The number of ether oxygens (including phenoxy) is 2. The molecule has 2 aliphatic heterocycles. The third kappa shape index (κ3) is 6.38. The smallest absolute Gasteiger partial charge is 0.123 e. The van der Waals surface area contributed by atoms with Gasteiger partial charge in [0, 0.05) is 44.5 Å². The van der Waals surface area contributed by atoms with Gasteiger partial charge in [-0.25, -0.2) is 0 Å². The molecule has 0 aromatic heterocycles. The normalized spacial score (nSPS) is 23.1. The summed E-state index contributed by atoms with van der Waals surface area (Å²) in [4.78, 5) is 10.1. The van der Waals surface area contributed by atoms with E-state index in [0.29, 0.717) is 5.92 Å². The molecule has 0 amide bonds. The van der Waals surface area contributed by atoms with Crippen molar-refractivity contribution in [1.82, 2.24) is 0 Å². The lowest BCUT2D eigenvalue weighted by atomic mass is 10.0. The highest BCUT2D eigenvalue weighted by Gasteiger charge is 2.11. The number of hydrogen-bond acceptors (Lipinski definition) is 5. The zero-order valence-corrected chi connectivity index (χ0v) is 10.1. The van der Waals surface area contributed by atoms with Crippen LogP contribution in [0, 0.1) is 11.8 Å². The largest absolute Gasteiger partial charge is 0.411 e. The average molecular weight is 243 g/mol. The number of carbonyl (C=O) groups excluding carboxylic acids is 1. The highest BCUT2D eigenvalue weighted by molar-refractivity contribution is 5.59. The number of hydrogen-bond donors (Lipinski definition) is 1. The molecule has 17 heavy (non-hydrogen) atoms. The van der Waals surface area contributed by atoms with Crippen molar-refractivity contribution in [3.63, 3.8) is 0 Å². The molecule has 2 rings (SSSR count). The maximum absolute atomic E-state index is 10.1. The molecule has 2 saturated heterocycles. The fourth-order valence-corrected chi connectivity index (χ4v) is 1.81. The van der Waals surface area contributed by atoms with Crippen LogP contribution in [0.2, 0.25) is 0 Å². The first-order valence-corrected chi connectivity index (χ1v) is 6.15. The van der Waals surface area contributed by atoms with E-state index < -0.39 is 0 Å². The van der Waals surface area contributed by atoms with E-state index >= 15 is 0 Å². The van der Waals surface area contributed by atoms with E-state index in [-0.39, 0.29) is 5.92 Å². The molecule has 5 heteroatoms. The van der Waals surface area contributed by atoms with Crippen molar-refractivity contribution in [3.8, 4) is 0 Å². The molecule has 2 aliphatic rings. The second-order valence-corrected chi connectivity index (χ2v) is 4.30. The Morgan fingerprint density at radius 2 is 1.41 bits per heavy atom. The van der Waals surface area contributed by atoms with Gasteiger partial charge in [0.2, 0.25) is 0 Å². The predicted octanol–water partition coefficient (Wildman–Crippen LogP) is 1.48. The number of aldehydes is 1. The summed E-state index contributed by atoms with van der Waals surface area (Å²) in [6.07, 6.45) is 6.44. The highest BCUT2D eigenvalue weighted by Crippen LogP contribution is 2.11. The molecular formula is C12H21NO4. The molecule has 0 bridgehead atoms. The van der Waals surface area contributed by atoms with Crippen LogP contribution in [0.3, 0.4) is 0 Å². The summed E-state index contributed by atoms with van der Waals surface area (Å²) in [5.74, 6) is 0.715. The van der Waals surface area contributed by atoms with Crippen LogP contribution in [0.25, 0.3) is 0 Å². The van der Waals surface area contributed by atoms with Crippen LogP contribution < -0.4 is 0 Å². The first-order valence-electron chi connectivity index (χ1n) is 6.15. The zero-order valence-electron chi connectivity index (χ0n) is 10.1. The van der Waals surface area contributed by atoms with E-state index in [1.54, 1.807) is 6.21 Å². The number of nitrogens with zero attached hydrogens (tertiary/aromatic N) is 1. The van der Waals surface area contributed by atoms with E-state index in [4.69, 9.17) is 14.7 Å². The molecule has 0 aromatic carbocycles. The van der Waals surface area contributed by atoms with Gasteiger partial charge >= 0.3 is 0 Å². The van der Waals surface area contributed by atoms with E-state index in [2.05, 4.69) is 5.16 Å². The third-order valence-electron chi connectivity index (χ3n) is 3.00. The van der Waals surface area contributed by atoms with Gasteiger partial charge in [0.1, 0.15) is 6.29 Å². The molecule has 0 radical (unpaired) electrons. The fourth-order valence-electron chi connectivity index (χ4n) is 1.81. The zero-order chi connectivity index (χ0) is 12.3. The van der Waals surface area contributed by atoms with Crippen LogP contribution in [0.4, 0.5) is 0 Å². The lowest BCUT2D eigenvalue weighted by Gasteiger charge is -2.16. The summed E-state index contributed by atoms with van der Waals surface area (Å²) in [7, 11) is 0. The second-order valence-electron chi connectivity index (χ2n) is 4.30. The van der Waals surface area contributed by atoms with Crippen LogP contribution in [-0.4, -0.2) is 44.1 Å². The summed E-state index contributed by atoms with van der Waals surface area (Å²) < 4.78 is 10.1. The average Bonchev–Trinajstić information content (AvgIpc) is 2.42. The molecule has 2 heterocycles. The maximum atomic E-state index is 10.1. The molecule has 0 aliphatic carbocycles. The summed E-state index contributed by atoms with van der Waals surface area (Å²) >= 11 is 0. The first-order chi connectivity index (χ1) is 8.36. The van der Waals surface area contributed by atoms with Gasteiger partial charge in [-0.2, -0.15) is 0 Å². The maximum Gasteiger partial charge on any atom is 0.123 e. The Labute approximate surface area is 102 Å². The van der Waals surface area contributed by atoms with Gasteiger partial charge in [-0.15, -0.1) is 5.16 Å². The number of rotatable bonds is 2. The molecule has 1 N–H and O–H groups in total. The van der Waals surface area contributed by atoms with Crippen molar-refractivity contribution in [1.29, 1.82) is 0 Å². The van der Waals surface area contributed by atoms with E-state index in [9.17, 15) is 4.79 Å². The summed E-state index contributed by atoms with van der Waals surface area (Å²) in [5.41, 5.74) is 0. The summed E-state index contributed by atoms with van der Waals surface area (Å²) in [6, 6.07) is 0. The Kier molecular flexibility index (Phi) is 7.58. The molecule has 0 spiro atoms. The SMILES string of the molecule is O=CC1CCOCC1.ON=CC1CCOCC1. The molecule has 5 nitrogen and oxygen atoms in total. The van der Waals surface area contributed by atoms with Crippen molar-refractivity contribution in [3.05, 3.63) is 0 Å². The molecular weight excluding hydrogens is 222 g/mol. The monoisotopic (exact) mass is 243 g/mol. The quantitative estimate of drug-likeness (QED) is 0.345. The van der Waals surface area contributed by atoms with Crippen molar-refractivity contribution in [2.75, 3.05) is 26.4 Å². The van der Waals surface area contributed by atoms with Gasteiger partial charge in [-0.1, -0.05) is 0 Å². The van der Waals surface area contributed by atoms with Crippen molar-refractivity contribution >= 4 is 12.5 Å². The Morgan fingerprint density at radius 3 is 1.76 bits per heavy atom. The minimum absolute atomic E-state index is 0.281.